The molecule has 120 valence electrons. The molecule has 0 amide bonds. The molecule has 0 radical (unpaired) electrons. The van der Waals surface area contributed by atoms with Crippen molar-refractivity contribution in [2.24, 2.45) is 5.92 Å². The third kappa shape index (κ3) is 5.32. The van der Waals surface area contributed by atoms with Crippen molar-refractivity contribution in [3.63, 3.8) is 0 Å². The predicted molar refractivity (Wildman–Crippen MR) is 87.2 cm³/mol. The summed E-state index contributed by atoms with van der Waals surface area (Å²) in [4.78, 5) is 12.2. The van der Waals surface area contributed by atoms with Gasteiger partial charge in [0.15, 0.2) is 0 Å². The summed E-state index contributed by atoms with van der Waals surface area (Å²) in [6.45, 7) is 10.1. The van der Waals surface area contributed by atoms with E-state index >= 15 is 0 Å². The van der Waals surface area contributed by atoms with Gasteiger partial charge >= 0.3 is 0 Å². The number of unbranched alkanes of at least 4 members (excludes halogenated alkanes) is 1. The van der Waals surface area contributed by atoms with Crippen LogP contribution in [-0.4, -0.2) is 29.0 Å². The Bertz CT molecular complexity index is 488. The second-order valence-corrected chi connectivity index (χ2v) is 5.79. The summed E-state index contributed by atoms with van der Waals surface area (Å²) in [5.41, 5.74) is 0.335. The van der Waals surface area contributed by atoms with E-state index in [1.807, 2.05) is 6.92 Å². The number of ether oxygens (including phenoxy) is 1. The summed E-state index contributed by atoms with van der Waals surface area (Å²) in [7, 11) is 0. The molecule has 6 heteroatoms. The van der Waals surface area contributed by atoms with Crippen molar-refractivity contribution in [1.82, 2.24) is 9.78 Å². The Morgan fingerprint density at radius 3 is 2.71 bits per heavy atom. The zero-order valence-corrected chi connectivity index (χ0v) is 14.1. The maximum Gasteiger partial charge on any atom is 0.287 e. The molecule has 1 aromatic heterocycles. The van der Waals surface area contributed by atoms with Crippen molar-refractivity contribution >= 4 is 17.3 Å². The number of anilines is 1. The monoisotopic (exact) mass is 315 g/mol. The number of nitrogens with zero attached hydrogens (tertiary/aromatic N) is 2. The Hall–Kier alpha value is -1.07. The van der Waals surface area contributed by atoms with Crippen LogP contribution in [0.5, 0.6) is 0 Å². The maximum atomic E-state index is 12.2. The molecule has 0 saturated heterocycles. The molecule has 0 saturated carbocycles. The van der Waals surface area contributed by atoms with E-state index in [1.165, 1.54) is 4.68 Å². The lowest BCUT2D eigenvalue weighted by Gasteiger charge is -2.23. The molecule has 1 unspecified atom stereocenters. The largest absolute Gasteiger partial charge is 0.380 e. The van der Waals surface area contributed by atoms with Gasteiger partial charge < -0.3 is 10.1 Å². The van der Waals surface area contributed by atoms with E-state index in [2.05, 4.69) is 31.2 Å². The van der Waals surface area contributed by atoms with E-state index in [1.54, 1.807) is 6.20 Å². The molecule has 1 rings (SSSR count). The zero-order chi connectivity index (χ0) is 15.8. The number of rotatable bonds is 9. The molecule has 0 spiro atoms. The third-order valence-electron chi connectivity index (χ3n) is 3.36. The number of aryl methyl sites for hydroxylation is 1. The summed E-state index contributed by atoms with van der Waals surface area (Å²) in [5.74, 6) is 0.357. The van der Waals surface area contributed by atoms with Crippen molar-refractivity contribution < 1.29 is 4.74 Å². The molecule has 1 aromatic rings. The van der Waals surface area contributed by atoms with Crippen molar-refractivity contribution in [3.05, 3.63) is 21.6 Å². The molecule has 0 aliphatic heterocycles. The number of hydrogen-bond donors (Lipinski definition) is 1. The Labute approximate surface area is 131 Å². The molecule has 21 heavy (non-hydrogen) atoms. The third-order valence-corrected chi connectivity index (χ3v) is 3.72. The smallest absolute Gasteiger partial charge is 0.287 e. The van der Waals surface area contributed by atoms with E-state index in [0.717, 1.165) is 12.8 Å². The highest BCUT2D eigenvalue weighted by atomic mass is 35.5. The van der Waals surface area contributed by atoms with Crippen LogP contribution < -0.4 is 10.9 Å². The standard InChI is InChI=1S/C15H26ClN3O2/c1-5-7-8-19-15(20)14(16)12(9-17-19)18-13(11(3)4)10-21-6-2/h9,11,13,18H,5-8,10H2,1-4H3. The second-order valence-electron chi connectivity index (χ2n) is 5.41. The van der Waals surface area contributed by atoms with Crippen molar-refractivity contribution in [3.8, 4) is 0 Å². The fourth-order valence-corrected chi connectivity index (χ4v) is 2.08. The van der Waals surface area contributed by atoms with Gasteiger partial charge in [0.25, 0.3) is 5.56 Å². The summed E-state index contributed by atoms with van der Waals surface area (Å²) in [6, 6.07) is 0.0927. The van der Waals surface area contributed by atoms with E-state index in [-0.39, 0.29) is 16.6 Å². The van der Waals surface area contributed by atoms with E-state index in [9.17, 15) is 4.79 Å². The number of halogens is 1. The Kier molecular flexibility index (Phi) is 7.75. The Morgan fingerprint density at radius 1 is 1.43 bits per heavy atom. The Morgan fingerprint density at radius 2 is 2.14 bits per heavy atom. The molecular formula is C15H26ClN3O2. The molecule has 1 N–H and O–H groups in total. The van der Waals surface area contributed by atoms with Crippen LogP contribution in [0.3, 0.4) is 0 Å². The summed E-state index contributed by atoms with van der Waals surface area (Å²) < 4.78 is 6.89. The summed E-state index contributed by atoms with van der Waals surface area (Å²) in [5, 5.41) is 7.66. The van der Waals surface area contributed by atoms with Gasteiger partial charge in [-0.2, -0.15) is 5.10 Å². The van der Waals surface area contributed by atoms with Crippen molar-refractivity contribution in [1.29, 1.82) is 0 Å². The van der Waals surface area contributed by atoms with Gasteiger partial charge in [-0.25, -0.2) is 4.68 Å². The van der Waals surface area contributed by atoms with Gasteiger partial charge in [-0.1, -0.05) is 38.8 Å². The lowest BCUT2D eigenvalue weighted by molar-refractivity contribution is 0.127. The zero-order valence-electron chi connectivity index (χ0n) is 13.4. The summed E-state index contributed by atoms with van der Waals surface area (Å²) in [6.07, 6.45) is 3.55. The van der Waals surface area contributed by atoms with Crippen LogP contribution in [0.25, 0.3) is 0 Å². The number of hydrogen-bond acceptors (Lipinski definition) is 4. The summed E-state index contributed by atoms with van der Waals surface area (Å²) >= 11 is 6.18. The normalized spacial score (nSPS) is 12.7. The molecule has 0 aliphatic rings. The van der Waals surface area contributed by atoms with Crippen LogP contribution >= 0.6 is 11.6 Å². The van der Waals surface area contributed by atoms with Crippen molar-refractivity contribution in [2.75, 3.05) is 18.5 Å². The fourth-order valence-electron chi connectivity index (χ4n) is 1.88. The average molecular weight is 316 g/mol. The molecule has 0 bridgehead atoms. The predicted octanol–water partition coefficient (Wildman–Crippen LogP) is 3.17. The molecule has 0 fully saturated rings. The highest BCUT2D eigenvalue weighted by Gasteiger charge is 2.17. The molecule has 1 heterocycles. The SMILES string of the molecule is CCCCn1ncc(NC(COCC)C(C)C)c(Cl)c1=O. The quantitative estimate of drug-likeness (QED) is 0.760. The second kappa shape index (κ2) is 9.05. The van der Waals surface area contributed by atoms with Gasteiger partial charge in [-0.3, -0.25) is 4.79 Å². The van der Waals surface area contributed by atoms with Crippen LogP contribution in [0.15, 0.2) is 11.0 Å². The maximum absolute atomic E-state index is 12.2. The van der Waals surface area contributed by atoms with E-state index < -0.39 is 0 Å². The van der Waals surface area contributed by atoms with E-state index in [0.29, 0.717) is 31.4 Å². The first-order valence-corrected chi connectivity index (χ1v) is 7.98. The minimum absolute atomic E-state index is 0.0927. The van der Waals surface area contributed by atoms with Crippen LogP contribution in [0.4, 0.5) is 5.69 Å². The lowest BCUT2D eigenvalue weighted by atomic mass is 10.1. The molecular weight excluding hydrogens is 290 g/mol. The van der Waals surface area contributed by atoms with Gasteiger partial charge in [0.05, 0.1) is 24.5 Å². The highest BCUT2D eigenvalue weighted by molar-refractivity contribution is 6.32. The van der Waals surface area contributed by atoms with Crippen LogP contribution in [0, 0.1) is 5.92 Å². The molecule has 0 aromatic carbocycles. The highest BCUT2D eigenvalue weighted by Crippen LogP contribution is 2.19. The lowest BCUT2D eigenvalue weighted by Crippen LogP contribution is -2.33. The topological polar surface area (TPSA) is 56.1 Å². The number of nitrogens with one attached hydrogen (secondary N) is 1. The van der Waals surface area contributed by atoms with Crippen LogP contribution in [-0.2, 0) is 11.3 Å². The van der Waals surface area contributed by atoms with Gasteiger partial charge in [0, 0.05) is 13.2 Å². The average Bonchev–Trinajstić information content (AvgIpc) is 2.46. The molecule has 1 atom stereocenters. The van der Waals surface area contributed by atoms with Gasteiger partial charge in [0.1, 0.15) is 5.02 Å². The number of aromatic nitrogens is 2. The first-order chi connectivity index (χ1) is 10.0. The van der Waals surface area contributed by atoms with Crippen LogP contribution in [0.2, 0.25) is 5.02 Å². The Balaban J connectivity index is 2.87. The van der Waals surface area contributed by atoms with Gasteiger partial charge in [0.2, 0.25) is 0 Å². The van der Waals surface area contributed by atoms with Gasteiger partial charge in [-0.05, 0) is 19.3 Å². The minimum Gasteiger partial charge on any atom is -0.380 e. The molecule has 0 aliphatic carbocycles. The fraction of sp³-hybridized carbons (Fsp3) is 0.733. The molecule has 5 nitrogen and oxygen atoms in total. The van der Waals surface area contributed by atoms with Crippen LogP contribution in [0.1, 0.15) is 40.5 Å². The van der Waals surface area contributed by atoms with Crippen molar-refractivity contribution in [2.45, 2.75) is 53.1 Å². The van der Waals surface area contributed by atoms with Gasteiger partial charge in [-0.15, -0.1) is 0 Å². The first kappa shape index (κ1) is 18.0. The van der Waals surface area contributed by atoms with E-state index in [4.69, 9.17) is 16.3 Å². The minimum atomic E-state index is -0.242. The first-order valence-electron chi connectivity index (χ1n) is 7.61.